The molecule has 1 heterocycles. The Morgan fingerprint density at radius 1 is 0.609 bits per heavy atom. The highest BCUT2D eigenvalue weighted by molar-refractivity contribution is 5.87. The maximum Gasteiger partial charge on any atom is 0.0534 e. The van der Waals surface area contributed by atoms with Crippen molar-refractivity contribution in [1.82, 2.24) is 4.57 Å². The molecule has 23 heavy (non-hydrogen) atoms. The second kappa shape index (κ2) is 5.98. The molecule has 4 aromatic rings. The van der Waals surface area contributed by atoms with E-state index in [1.165, 1.54) is 27.8 Å². The largest absolute Gasteiger partial charge is 0.310 e. The summed E-state index contributed by atoms with van der Waals surface area (Å²) in [6, 6.07) is 31.6. The van der Waals surface area contributed by atoms with Crippen LogP contribution in [0.3, 0.4) is 0 Å². The molecule has 0 bridgehead atoms. The summed E-state index contributed by atoms with van der Waals surface area (Å²) in [5.74, 6) is 0. The van der Waals surface area contributed by atoms with Crippen LogP contribution in [0.15, 0.2) is 91.0 Å². The molecular formula is C22H17N. The van der Waals surface area contributed by atoms with Gasteiger partial charge in [-0.05, 0) is 35.9 Å². The SMILES string of the molecule is C(=C\c1cc2ccccc2n1-c1ccccc1)/c1ccccc1. The Kier molecular flexibility index (Phi) is 3.53. The van der Waals surface area contributed by atoms with E-state index in [0.29, 0.717) is 0 Å². The van der Waals surface area contributed by atoms with Crippen LogP contribution in [0.2, 0.25) is 0 Å². The lowest BCUT2D eigenvalue weighted by Gasteiger charge is -2.08. The first kappa shape index (κ1) is 13.6. The van der Waals surface area contributed by atoms with Crippen molar-refractivity contribution in [2.24, 2.45) is 0 Å². The molecule has 3 aromatic carbocycles. The van der Waals surface area contributed by atoms with Gasteiger partial charge in [0.2, 0.25) is 0 Å². The van der Waals surface area contributed by atoms with E-state index in [4.69, 9.17) is 0 Å². The molecule has 0 aliphatic carbocycles. The van der Waals surface area contributed by atoms with E-state index in [2.05, 4.69) is 102 Å². The summed E-state index contributed by atoms with van der Waals surface area (Å²) in [7, 11) is 0. The summed E-state index contributed by atoms with van der Waals surface area (Å²) in [5, 5.41) is 1.25. The lowest BCUT2D eigenvalue weighted by Crippen LogP contribution is -1.95. The second-order valence-electron chi connectivity index (χ2n) is 5.54. The maximum absolute atomic E-state index is 2.30. The highest BCUT2D eigenvalue weighted by atomic mass is 15.0. The van der Waals surface area contributed by atoms with Crippen LogP contribution < -0.4 is 0 Å². The summed E-state index contributed by atoms with van der Waals surface area (Å²) in [5.41, 5.74) is 4.80. The molecule has 4 rings (SSSR count). The Bertz CT molecular complexity index is 947. The fraction of sp³-hybridized carbons (Fsp3) is 0. The van der Waals surface area contributed by atoms with Crippen LogP contribution in [0.4, 0.5) is 0 Å². The lowest BCUT2D eigenvalue weighted by molar-refractivity contribution is 1.11. The number of hydrogen-bond donors (Lipinski definition) is 0. The van der Waals surface area contributed by atoms with Gasteiger partial charge in [-0.1, -0.05) is 72.8 Å². The molecular weight excluding hydrogens is 278 g/mol. The first-order chi connectivity index (χ1) is 11.4. The minimum absolute atomic E-state index is 1.18. The second-order valence-corrected chi connectivity index (χ2v) is 5.54. The number of rotatable bonds is 3. The average molecular weight is 295 g/mol. The van der Waals surface area contributed by atoms with Crippen molar-refractivity contribution in [3.63, 3.8) is 0 Å². The number of hydrogen-bond acceptors (Lipinski definition) is 0. The van der Waals surface area contributed by atoms with Gasteiger partial charge < -0.3 is 4.57 Å². The molecule has 0 fully saturated rings. The van der Waals surface area contributed by atoms with Crippen molar-refractivity contribution in [3.05, 3.63) is 102 Å². The number of nitrogens with zero attached hydrogens (tertiary/aromatic N) is 1. The molecule has 1 nitrogen and oxygen atoms in total. The van der Waals surface area contributed by atoms with Gasteiger partial charge in [-0.3, -0.25) is 0 Å². The highest BCUT2D eigenvalue weighted by Crippen LogP contribution is 2.25. The summed E-state index contributed by atoms with van der Waals surface area (Å²) in [6.45, 7) is 0. The van der Waals surface area contributed by atoms with Crippen molar-refractivity contribution in [3.8, 4) is 5.69 Å². The normalized spacial score (nSPS) is 11.3. The Hall–Kier alpha value is -3.06. The fourth-order valence-electron chi connectivity index (χ4n) is 2.91. The quantitative estimate of drug-likeness (QED) is 0.450. The van der Waals surface area contributed by atoms with Crippen LogP contribution >= 0.6 is 0 Å². The first-order valence-electron chi connectivity index (χ1n) is 7.81. The van der Waals surface area contributed by atoms with Crippen LogP contribution in [0.1, 0.15) is 11.3 Å². The average Bonchev–Trinajstić information content (AvgIpc) is 3.00. The van der Waals surface area contributed by atoms with E-state index in [0.717, 1.165) is 0 Å². The van der Waals surface area contributed by atoms with Gasteiger partial charge >= 0.3 is 0 Å². The maximum atomic E-state index is 2.30. The van der Waals surface area contributed by atoms with E-state index in [1.807, 2.05) is 6.07 Å². The molecule has 0 saturated carbocycles. The molecule has 1 aromatic heterocycles. The van der Waals surface area contributed by atoms with Gasteiger partial charge in [0.1, 0.15) is 0 Å². The topological polar surface area (TPSA) is 4.93 Å². The molecule has 0 spiro atoms. The van der Waals surface area contributed by atoms with Gasteiger partial charge in [0.15, 0.2) is 0 Å². The van der Waals surface area contributed by atoms with Crippen LogP contribution in [-0.2, 0) is 0 Å². The summed E-state index contributed by atoms with van der Waals surface area (Å²) < 4.78 is 2.30. The van der Waals surface area contributed by atoms with Crippen LogP contribution in [-0.4, -0.2) is 4.57 Å². The summed E-state index contributed by atoms with van der Waals surface area (Å²) in [4.78, 5) is 0. The molecule has 0 unspecified atom stereocenters. The molecule has 0 atom stereocenters. The molecule has 0 radical (unpaired) electrons. The smallest absolute Gasteiger partial charge is 0.0534 e. The molecule has 1 heteroatoms. The molecule has 0 N–H and O–H groups in total. The predicted octanol–water partition coefficient (Wildman–Crippen LogP) is 5.80. The van der Waals surface area contributed by atoms with Crippen molar-refractivity contribution in [1.29, 1.82) is 0 Å². The van der Waals surface area contributed by atoms with Crippen LogP contribution in [0.25, 0.3) is 28.7 Å². The van der Waals surface area contributed by atoms with Crippen molar-refractivity contribution >= 4 is 23.1 Å². The van der Waals surface area contributed by atoms with E-state index in [-0.39, 0.29) is 0 Å². The molecule has 0 aliphatic heterocycles. The zero-order chi connectivity index (χ0) is 15.5. The summed E-state index contributed by atoms with van der Waals surface area (Å²) in [6.07, 6.45) is 4.34. The van der Waals surface area contributed by atoms with Gasteiger partial charge in [-0.15, -0.1) is 0 Å². The van der Waals surface area contributed by atoms with Gasteiger partial charge in [-0.25, -0.2) is 0 Å². The third kappa shape index (κ3) is 2.69. The van der Waals surface area contributed by atoms with Crippen LogP contribution in [0.5, 0.6) is 0 Å². The number of para-hydroxylation sites is 2. The molecule has 0 amide bonds. The van der Waals surface area contributed by atoms with Crippen molar-refractivity contribution in [2.45, 2.75) is 0 Å². The minimum Gasteiger partial charge on any atom is -0.310 e. The molecule has 0 saturated heterocycles. The van der Waals surface area contributed by atoms with E-state index in [9.17, 15) is 0 Å². The lowest BCUT2D eigenvalue weighted by atomic mass is 10.2. The summed E-state index contributed by atoms with van der Waals surface area (Å²) >= 11 is 0. The number of aromatic nitrogens is 1. The Balaban J connectivity index is 1.88. The third-order valence-corrected chi connectivity index (χ3v) is 4.00. The molecule has 0 aliphatic rings. The fourth-order valence-corrected chi connectivity index (χ4v) is 2.91. The minimum atomic E-state index is 1.18. The van der Waals surface area contributed by atoms with Gasteiger partial charge in [-0.2, -0.15) is 0 Å². The Morgan fingerprint density at radius 2 is 1.26 bits per heavy atom. The predicted molar refractivity (Wildman–Crippen MR) is 98.6 cm³/mol. The van der Waals surface area contributed by atoms with E-state index < -0.39 is 0 Å². The van der Waals surface area contributed by atoms with E-state index >= 15 is 0 Å². The van der Waals surface area contributed by atoms with Crippen molar-refractivity contribution in [2.75, 3.05) is 0 Å². The standard InChI is InChI=1S/C22H17N/c1-3-9-18(10-4-1)15-16-21-17-19-11-7-8-14-22(19)23(21)20-12-5-2-6-13-20/h1-17H/b16-15+. The zero-order valence-corrected chi connectivity index (χ0v) is 12.8. The van der Waals surface area contributed by atoms with Gasteiger partial charge in [0.05, 0.1) is 5.52 Å². The highest BCUT2D eigenvalue weighted by Gasteiger charge is 2.07. The van der Waals surface area contributed by atoms with Gasteiger partial charge in [0, 0.05) is 16.8 Å². The Labute approximate surface area is 136 Å². The molecule has 110 valence electrons. The Morgan fingerprint density at radius 3 is 2.04 bits per heavy atom. The van der Waals surface area contributed by atoms with E-state index in [1.54, 1.807) is 0 Å². The monoisotopic (exact) mass is 295 g/mol. The van der Waals surface area contributed by atoms with Crippen LogP contribution in [0, 0.1) is 0 Å². The first-order valence-corrected chi connectivity index (χ1v) is 7.81. The number of fused-ring (bicyclic) bond motifs is 1. The number of benzene rings is 3. The van der Waals surface area contributed by atoms with Gasteiger partial charge in [0.25, 0.3) is 0 Å². The third-order valence-electron chi connectivity index (χ3n) is 4.00. The van der Waals surface area contributed by atoms with Crippen molar-refractivity contribution < 1.29 is 0 Å². The zero-order valence-electron chi connectivity index (χ0n) is 12.8.